The highest BCUT2D eigenvalue weighted by Crippen LogP contribution is 2.20. The van der Waals surface area contributed by atoms with Gasteiger partial charge >= 0.3 is 6.18 Å². The van der Waals surface area contributed by atoms with E-state index in [0.717, 1.165) is 56.6 Å². The van der Waals surface area contributed by atoms with Crippen molar-refractivity contribution in [2.75, 3.05) is 25.0 Å². The van der Waals surface area contributed by atoms with E-state index in [-0.39, 0.29) is 6.54 Å². The highest BCUT2D eigenvalue weighted by Gasteiger charge is 2.25. The molecule has 2 heterocycles. The van der Waals surface area contributed by atoms with Crippen LogP contribution in [0.1, 0.15) is 43.4 Å². The zero-order chi connectivity index (χ0) is 15.8. The lowest BCUT2D eigenvalue weighted by molar-refractivity contribution is -0.133. The summed E-state index contributed by atoms with van der Waals surface area (Å²) in [7, 11) is 0. The van der Waals surface area contributed by atoms with Crippen molar-refractivity contribution < 1.29 is 13.2 Å². The van der Waals surface area contributed by atoms with E-state index in [1.54, 1.807) is 0 Å². The molecule has 2 rings (SSSR count). The van der Waals surface area contributed by atoms with Gasteiger partial charge in [0.2, 0.25) is 0 Å². The van der Waals surface area contributed by atoms with Crippen molar-refractivity contribution in [3.8, 4) is 0 Å². The Morgan fingerprint density at radius 3 is 2.82 bits per heavy atom. The summed E-state index contributed by atoms with van der Waals surface area (Å²) in [5, 5.41) is 6.16. The molecule has 1 aromatic rings. The molecule has 0 fully saturated rings. The van der Waals surface area contributed by atoms with Gasteiger partial charge in [0, 0.05) is 18.8 Å². The lowest BCUT2D eigenvalue weighted by atomic mass is 10.1. The molecule has 0 bridgehead atoms. The number of aromatic nitrogens is 1. The number of hydrogen-bond donors (Lipinski definition) is 2. The Balaban J connectivity index is 1.55. The molecule has 1 aliphatic rings. The van der Waals surface area contributed by atoms with Crippen molar-refractivity contribution in [1.29, 1.82) is 0 Å². The standard InChI is InChI=1S/C16H24F3N3/c17-16(18,19)9-12-20-10-3-1-2-6-14-8-7-13-5-4-11-21-15(13)22-14/h7-8,20H,1-6,9-12H2,(H,21,22). The van der Waals surface area contributed by atoms with E-state index in [1.165, 1.54) is 5.56 Å². The summed E-state index contributed by atoms with van der Waals surface area (Å²) in [6, 6.07) is 4.25. The first-order valence-corrected chi connectivity index (χ1v) is 8.05. The minimum Gasteiger partial charge on any atom is -0.370 e. The number of fused-ring (bicyclic) bond motifs is 1. The van der Waals surface area contributed by atoms with Gasteiger partial charge in [0.15, 0.2) is 0 Å². The van der Waals surface area contributed by atoms with Crippen LogP contribution >= 0.6 is 0 Å². The van der Waals surface area contributed by atoms with Gasteiger partial charge in [-0.15, -0.1) is 0 Å². The number of rotatable bonds is 8. The van der Waals surface area contributed by atoms with Gasteiger partial charge in [0.25, 0.3) is 0 Å². The number of anilines is 1. The topological polar surface area (TPSA) is 37.0 Å². The van der Waals surface area contributed by atoms with Gasteiger partial charge < -0.3 is 10.6 Å². The number of pyridine rings is 1. The number of alkyl halides is 3. The number of hydrogen-bond acceptors (Lipinski definition) is 3. The highest BCUT2D eigenvalue weighted by molar-refractivity contribution is 5.46. The van der Waals surface area contributed by atoms with Crippen LogP contribution in [0.15, 0.2) is 12.1 Å². The monoisotopic (exact) mass is 315 g/mol. The van der Waals surface area contributed by atoms with Gasteiger partial charge in [0.1, 0.15) is 5.82 Å². The van der Waals surface area contributed by atoms with E-state index in [1.807, 2.05) is 0 Å². The summed E-state index contributed by atoms with van der Waals surface area (Å²) in [4.78, 5) is 4.64. The lowest BCUT2D eigenvalue weighted by Gasteiger charge is -2.17. The lowest BCUT2D eigenvalue weighted by Crippen LogP contribution is -2.22. The summed E-state index contributed by atoms with van der Waals surface area (Å²) < 4.78 is 35.8. The molecule has 0 saturated heterocycles. The van der Waals surface area contributed by atoms with Crippen molar-refractivity contribution in [1.82, 2.24) is 10.3 Å². The third-order valence-electron chi connectivity index (χ3n) is 3.82. The smallest absolute Gasteiger partial charge is 0.370 e. The molecule has 2 N–H and O–H groups in total. The summed E-state index contributed by atoms with van der Waals surface area (Å²) in [5.41, 5.74) is 2.39. The molecule has 0 spiro atoms. The van der Waals surface area contributed by atoms with Crippen LogP contribution in [0.3, 0.4) is 0 Å². The molecule has 124 valence electrons. The van der Waals surface area contributed by atoms with E-state index in [9.17, 15) is 13.2 Å². The van der Waals surface area contributed by atoms with Crippen LogP contribution in [-0.2, 0) is 12.8 Å². The number of aryl methyl sites for hydroxylation is 2. The van der Waals surface area contributed by atoms with Gasteiger partial charge in [0.05, 0.1) is 6.42 Å². The van der Waals surface area contributed by atoms with Crippen molar-refractivity contribution in [2.24, 2.45) is 0 Å². The summed E-state index contributed by atoms with van der Waals surface area (Å²) in [6.07, 6.45) is 1.31. The van der Waals surface area contributed by atoms with Gasteiger partial charge in [-0.1, -0.05) is 12.5 Å². The van der Waals surface area contributed by atoms with Crippen LogP contribution in [0, 0.1) is 0 Å². The first-order valence-electron chi connectivity index (χ1n) is 8.05. The van der Waals surface area contributed by atoms with Crippen molar-refractivity contribution in [2.45, 2.75) is 51.1 Å². The molecule has 6 heteroatoms. The SMILES string of the molecule is FC(F)(F)CCNCCCCCc1ccc2c(n1)NCCC2. The first kappa shape index (κ1) is 17.1. The van der Waals surface area contributed by atoms with E-state index in [2.05, 4.69) is 27.8 Å². The van der Waals surface area contributed by atoms with Crippen molar-refractivity contribution >= 4 is 5.82 Å². The molecular formula is C16H24F3N3. The maximum absolute atomic E-state index is 11.9. The molecule has 1 aromatic heterocycles. The van der Waals surface area contributed by atoms with Gasteiger partial charge in [-0.25, -0.2) is 4.98 Å². The fourth-order valence-electron chi connectivity index (χ4n) is 2.60. The van der Waals surface area contributed by atoms with E-state index >= 15 is 0 Å². The van der Waals surface area contributed by atoms with Crippen LogP contribution in [0.25, 0.3) is 0 Å². The predicted molar refractivity (Wildman–Crippen MR) is 82.1 cm³/mol. The van der Waals surface area contributed by atoms with E-state index in [0.29, 0.717) is 6.54 Å². The second kappa shape index (κ2) is 8.36. The Morgan fingerprint density at radius 2 is 2.00 bits per heavy atom. The summed E-state index contributed by atoms with van der Waals surface area (Å²) in [6.45, 7) is 1.66. The fourth-order valence-corrected chi connectivity index (χ4v) is 2.60. The molecule has 3 nitrogen and oxygen atoms in total. The predicted octanol–water partition coefficient (Wildman–Crippen LogP) is 3.69. The highest BCUT2D eigenvalue weighted by atomic mass is 19.4. The number of halogens is 3. The number of unbranched alkanes of at least 4 members (excludes halogenated alkanes) is 2. The zero-order valence-electron chi connectivity index (χ0n) is 12.8. The van der Waals surface area contributed by atoms with E-state index < -0.39 is 12.6 Å². The molecule has 0 amide bonds. The number of nitrogens with one attached hydrogen (secondary N) is 2. The third-order valence-corrected chi connectivity index (χ3v) is 3.82. The molecular weight excluding hydrogens is 291 g/mol. The molecule has 0 radical (unpaired) electrons. The molecule has 0 atom stereocenters. The average molecular weight is 315 g/mol. The normalized spacial score (nSPS) is 14.5. The Hall–Kier alpha value is -1.30. The molecule has 0 aromatic carbocycles. The summed E-state index contributed by atoms with van der Waals surface area (Å²) >= 11 is 0. The molecule has 22 heavy (non-hydrogen) atoms. The first-order chi connectivity index (χ1) is 10.5. The van der Waals surface area contributed by atoms with E-state index in [4.69, 9.17) is 0 Å². The summed E-state index contributed by atoms with van der Waals surface area (Å²) in [5.74, 6) is 1.03. The molecule has 1 aliphatic heterocycles. The molecule has 0 unspecified atom stereocenters. The molecule has 0 aliphatic carbocycles. The minimum absolute atomic E-state index is 0.0154. The fraction of sp³-hybridized carbons (Fsp3) is 0.688. The van der Waals surface area contributed by atoms with Gasteiger partial charge in [-0.2, -0.15) is 13.2 Å². The Kier molecular flexibility index (Phi) is 6.49. The largest absolute Gasteiger partial charge is 0.390 e. The van der Waals surface area contributed by atoms with Crippen molar-refractivity contribution in [3.05, 3.63) is 23.4 Å². The Bertz CT molecular complexity index is 460. The maximum atomic E-state index is 11.9. The van der Waals surface area contributed by atoms with Gasteiger partial charge in [-0.3, -0.25) is 0 Å². The Labute approximate surface area is 129 Å². The second-order valence-corrected chi connectivity index (χ2v) is 5.77. The van der Waals surface area contributed by atoms with Crippen LogP contribution in [-0.4, -0.2) is 30.8 Å². The van der Waals surface area contributed by atoms with Gasteiger partial charge in [-0.05, 0) is 50.3 Å². The van der Waals surface area contributed by atoms with Crippen LogP contribution < -0.4 is 10.6 Å². The minimum atomic E-state index is -4.06. The third kappa shape index (κ3) is 6.22. The van der Waals surface area contributed by atoms with Crippen LogP contribution in [0.4, 0.5) is 19.0 Å². The zero-order valence-corrected chi connectivity index (χ0v) is 12.8. The number of nitrogens with zero attached hydrogens (tertiary/aromatic N) is 1. The average Bonchev–Trinajstić information content (AvgIpc) is 2.48. The van der Waals surface area contributed by atoms with Crippen LogP contribution in [0.5, 0.6) is 0 Å². The van der Waals surface area contributed by atoms with Crippen LogP contribution in [0.2, 0.25) is 0 Å². The molecule has 0 saturated carbocycles. The quantitative estimate of drug-likeness (QED) is 0.718. The maximum Gasteiger partial charge on any atom is 0.390 e. The second-order valence-electron chi connectivity index (χ2n) is 5.77. The Morgan fingerprint density at radius 1 is 1.14 bits per heavy atom. The van der Waals surface area contributed by atoms with Crippen molar-refractivity contribution in [3.63, 3.8) is 0 Å².